The minimum absolute atomic E-state index is 0.127. The van der Waals surface area contributed by atoms with E-state index in [4.69, 9.17) is 5.11 Å². The van der Waals surface area contributed by atoms with Crippen molar-refractivity contribution in [3.8, 4) is 0 Å². The van der Waals surface area contributed by atoms with E-state index in [0.717, 1.165) is 28.8 Å². The second kappa shape index (κ2) is 5.52. The summed E-state index contributed by atoms with van der Waals surface area (Å²) in [5.74, 6) is 1.02. The van der Waals surface area contributed by atoms with Gasteiger partial charge in [-0.15, -0.1) is 0 Å². The van der Waals surface area contributed by atoms with E-state index in [0.29, 0.717) is 0 Å². The lowest BCUT2D eigenvalue weighted by molar-refractivity contribution is 0.315. The molecule has 0 aromatic heterocycles. The van der Waals surface area contributed by atoms with Crippen molar-refractivity contribution in [3.05, 3.63) is 39.7 Å². The lowest BCUT2D eigenvalue weighted by Crippen LogP contribution is -2.01. The average molecular weight is 256 g/mol. The molecule has 1 rings (SSSR count). The van der Waals surface area contributed by atoms with Gasteiger partial charge in [-0.25, -0.2) is 0 Å². The Balaban J connectivity index is 2.94. The minimum atomic E-state index is 0.127. The summed E-state index contributed by atoms with van der Waals surface area (Å²) in [7, 11) is 0. The molecule has 0 aliphatic heterocycles. The van der Waals surface area contributed by atoms with Crippen LogP contribution in [0.2, 0.25) is 0 Å². The molecule has 0 atom stereocenters. The van der Waals surface area contributed by atoms with Crippen LogP contribution in [0.4, 0.5) is 0 Å². The first-order chi connectivity index (χ1) is 6.67. The Kier molecular flexibility index (Phi) is 4.63. The minimum Gasteiger partial charge on any atom is -0.395 e. The van der Waals surface area contributed by atoms with E-state index >= 15 is 0 Å². The molecule has 1 aromatic carbocycles. The third kappa shape index (κ3) is 3.10. The maximum atomic E-state index is 9.05. The number of hydrogen-bond donors (Lipinski definition) is 1. The standard InChI is InChI=1S/C12H16BrO/c1-3-4-10-5-11(9(2)8-14)7-12(13)6-10/h5-7,14H,3-4,8H2,1-2H3. The highest BCUT2D eigenvalue weighted by Gasteiger charge is 2.06. The molecular formula is C12H16BrO. The van der Waals surface area contributed by atoms with Gasteiger partial charge in [-0.3, -0.25) is 0 Å². The summed E-state index contributed by atoms with van der Waals surface area (Å²) in [6.45, 7) is 4.25. The van der Waals surface area contributed by atoms with Crippen molar-refractivity contribution < 1.29 is 5.11 Å². The zero-order chi connectivity index (χ0) is 10.6. The Morgan fingerprint density at radius 1 is 1.36 bits per heavy atom. The van der Waals surface area contributed by atoms with Gasteiger partial charge in [0.1, 0.15) is 0 Å². The van der Waals surface area contributed by atoms with E-state index < -0.39 is 0 Å². The third-order valence-electron chi connectivity index (χ3n) is 2.23. The summed E-state index contributed by atoms with van der Waals surface area (Å²) >= 11 is 3.49. The Bertz CT molecular complexity index is 296. The predicted molar refractivity (Wildman–Crippen MR) is 63.2 cm³/mol. The van der Waals surface area contributed by atoms with Crippen LogP contribution in [0.15, 0.2) is 22.7 Å². The molecule has 14 heavy (non-hydrogen) atoms. The van der Waals surface area contributed by atoms with Crippen molar-refractivity contribution in [2.24, 2.45) is 0 Å². The molecule has 0 heterocycles. The quantitative estimate of drug-likeness (QED) is 0.876. The van der Waals surface area contributed by atoms with Crippen molar-refractivity contribution in [1.82, 2.24) is 0 Å². The molecule has 2 heteroatoms. The molecule has 1 N–H and O–H groups in total. The number of aliphatic hydroxyl groups is 1. The third-order valence-corrected chi connectivity index (χ3v) is 2.68. The molecule has 0 unspecified atom stereocenters. The SMILES string of the molecule is CCCc1cc(Br)cc([C](C)CO)c1. The van der Waals surface area contributed by atoms with Crippen molar-refractivity contribution >= 4 is 15.9 Å². The summed E-state index contributed by atoms with van der Waals surface area (Å²) in [5, 5.41) is 9.05. The Labute approximate surface area is 94.3 Å². The molecule has 77 valence electrons. The number of aliphatic hydroxyl groups excluding tert-OH is 1. The number of rotatable bonds is 4. The summed E-state index contributed by atoms with van der Waals surface area (Å²) in [6, 6.07) is 6.34. The molecule has 0 saturated heterocycles. The van der Waals surface area contributed by atoms with Gasteiger partial charge >= 0.3 is 0 Å². The van der Waals surface area contributed by atoms with Gasteiger partial charge in [-0.05, 0) is 29.7 Å². The van der Waals surface area contributed by atoms with Crippen LogP contribution in [-0.2, 0) is 6.42 Å². The van der Waals surface area contributed by atoms with Gasteiger partial charge < -0.3 is 5.11 Å². The lowest BCUT2D eigenvalue weighted by atomic mass is 9.98. The van der Waals surface area contributed by atoms with Gasteiger partial charge in [0.05, 0.1) is 6.61 Å². The molecule has 0 aliphatic rings. The van der Waals surface area contributed by atoms with Crippen LogP contribution in [0.5, 0.6) is 0 Å². The molecule has 0 fully saturated rings. The topological polar surface area (TPSA) is 20.2 Å². The molecule has 0 spiro atoms. The van der Waals surface area contributed by atoms with Crippen LogP contribution in [0, 0.1) is 5.92 Å². The van der Waals surface area contributed by atoms with Gasteiger partial charge in [0.2, 0.25) is 0 Å². The van der Waals surface area contributed by atoms with E-state index in [1.54, 1.807) is 0 Å². The summed E-state index contributed by atoms with van der Waals surface area (Å²) in [6.07, 6.45) is 2.24. The molecule has 1 radical (unpaired) electrons. The van der Waals surface area contributed by atoms with Crippen LogP contribution in [0.25, 0.3) is 0 Å². The predicted octanol–water partition coefficient (Wildman–Crippen LogP) is 3.34. The van der Waals surface area contributed by atoms with Crippen molar-refractivity contribution in [2.45, 2.75) is 26.7 Å². The maximum Gasteiger partial charge on any atom is 0.0534 e. The fourth-order valence-corrected chi connectivity index (χ4v) is 1.96. The van der Waals surface area contributed by atoms with Crippen LogP contribution >= 0.6 is 15.9 Å². The van der Waals surface area contributed by atoms with E-state index in [1.807, 2.05) is 13.0 Å². The van der Waals surface area contributed by atoms with Crippen molar-refractivity contribution in [3.63, 3.8) is 0 Å². The average Bonchev–Trinajstić information content (AvgIpc) is 2.16. The van der Waals surface area contributed by atoms with Gasteiger partial charge in [0.15, 0.2) is 0 Å². The van der Waals surface area contributed by atoms with Crippen molar-refractivity contribution in [1.29, 1.82) is 0 Å². The molecule has 0 aliphatic carbocycles. The fraction of sp³-hybridized carbons (Fsp3) is 0.417. The molecule has 1 nitrogen and oxygen atoms in total. The summed E-state index contributed by atoms with van der Waals surface area (Å²) in [5.41, 5.74) is 2.45. The first kappa shape index (κ1) is 11.7. The molecule has 0 saturated carbocycles. The van der Waals surface area contributed by atoms with Gasteiger partial charge in [-0.2, -0.15) is 0 Å². The normalized spacial score (nSPS) is 10.9. The number of halogens is 1. The Morgan fingerprint density at radius 3 is 2.64 bits per heavy atom. The number of aryl methyl sites for hydroxylation is 1. The second-order valence-corrected chi connectivity index (χ2v) is 4.45. The first-order valence-corrected chi connectivity index (χ1v) is 5.69. The fourth-order valence-electron chi connectivity index (χ4n) is 1.42. The molecular weight excluding hydrogens is 240 g/mol. The number of benzene rings is 1. The van der Waals surface area contributed by atoms with Crippen LogP contribution < -0.4 is 0 Å². The van der Waals surface area contributed by atoms with Gasteiger partial charge in [-0.1, -0.05) is 42.3 Å². The van der Waals surface area contributed by atoms with E-state index in [2.05, 4.69) is 35.0 Å². The van der Waals surface area contributed by atoms with E-state index in [1.165, 1.54) is 5.56 Å². The zero-order valence-electron chi connectivity index (χ0n) is 8.68. The van der Waals surface area contributed by atoms with Crippen LogP contribution in [0.3, 0.4) is 0 Å². The molecule has 0 amide bonds. The largest absolute Gasteiger partial charge is 0.395 e. The summed E-state index contributed by atoms with van der Waals surface area (Å²) in [4.78, 5) is 0. The first-order valence-electron chi connectivity index (χ1n) is 4.90. The Morgan fingerprint density at radius 2 is 2.07 bits per heavy atom. The highest BCUT2D eigenvalue weighted by Crippen LogP contribution is 2.22. The monoisotopic (exact) mass is 255 g/mol. The van der Waals surface area contributed by atoms with Crippen LogP contribution in [-0.4, -0.2) is 11.7 Å². The van der Waals surface area contributed by atoms with E-state index in [9.17, 15) is 0 Å². The van der Waals surface area contributed by atoms with Crippen molar-refractivity contribution in [2.75, 3.05) is 6.61 Å². The second-order valence-electron chi connectivity index (χ2n) is 3.54. The Hall–Kier alpha value is -0.340. The van der Waals surface area contributed by atoms with Gasteiger partial charge in [0.25, 0.3) is 0 Å². The summed E-state index contributed by atoms with van der Waals surface area (Å²) < 4.78 is 1.09. The molecule has 1 aromatic rings. The highest BCUT2D eigenvalue weighted by molar-refractivity contribution is 9.10. The van der Waals surface area contributed by atoms with Crippen LogP contribution in [0.1, 0.15) is 31.4 Å². The molecule has 0 bridgehead atoms. The smallest absolute Gasteiger partial charge is 0.0534 e. The lowest BCUT2D eigenvalue weighted by Gasteiger charge is -2.10. The number of hydrogen-bond acceptors (Lipinski definition) is 1. The van der Waals surface area contributed by atoms with E-state index in [-0.39, 0.29) is 6.61 Å². The maximum absolute atomic E-state index is 9.05. The zero-order valence-corrected chi connectivity index (χ0v) is 10.3. The highest BCUT2D eigenvalue weighted by atomic mass is 79.9. The van der Waals surface area contributed by atoms with Gasteiger partial charge in [0, 0.05) is 10.4 Å².